The van der Waals surface area contributed by atoms with Crippen LogP contribution in [0.3, 0.4) is 0 Å². The summed E-state index contributed by atoms with van der Waals surface area (Å²) in [6.07, 6.45) is 10.5. The fraction of sp³-hybridized carbons (Fsp3) is 0.857. The van der Waals surface area contributed by atoms with Crippen LogP contribution >= 0.6 is 0 Å². The van der Waals surface area contributed by atoms with Crippen molar-refractivity contribution in [2.45, 2.75) is 63.5 Å². The molecular weight excluding hydrogens is 256 g/mol. The number of hydrogen-bond acceptors (Lipinski definition) is 6. The third kappa shape index (κ3) is 10.6. The molecule has 0 fully saturated rings. The highest BCUT2D eigenvalue weighted by molar-refractivity contribution is 5.33. The first kappa shape index (κ1) is 18.7. The van der Waals surface area contributed by atoms with Crippen molar-refractivity contribution in [3.63, 3.8) is 0 Å². The summed E-state index contributed by atoms with van der Waals surface area (Å²) in [4.78, 5) is 27.6. The molecule has 20 heavy (non-hydrogen) atoms. The molecule has 0 aliphatic rings. The van der Waals surface area contributed by atoms with Crippen LogP contribution in [0.4, 0.5) is 0 Å². The lowest BCUT2D eigenvalue weighted by Gasteiger charge is -2.18. The van der Waals surface area contributed by atoms with Gasteiger partial charge in [0.25, 0.3) is 0 Å². The number of nitrogens with two attached hydrogens (primary N) is 2. The number of carbonyl (C=O) groups excluding carboxylic acids is 2. The van der Waals surface area contributed by atoms with Crippen molar-refractivity contribution in [3.8, 4) is 0 Å². The quantitative estimate of drug-likeness (QED) is 0.302. The highest BCUT2D eigenvalue weighted by Crippen LogP contribution is 2.13. The van der Waals surface area contributed by atoms with Gasteiger partial charge in [-0.25, -0.2) is 19.6 Å². The molecule has 0 rings (SSSR count). The van der Waals surface area contributed by atoms with E-state index in [0.717, 1.165) is 51.4 Å². The van der Waals surface area contributed by atoms with E-state index in [9.17, 15) is 9.59 Å². The van der Waals surface area contributed by atoms with Gasteiger partial charge in [-0.2, -0.15) is 0 Å². The van der Waals surface area contributed by atoms with Crippen molar-refractivity contribution in [2.75, 3.05) is 13.1 Å². The summed E-state index contributed by atoms with van der Waals surface area (Å²) in [7, 11) is 0. The summed E-state index contributed by atoms with van der Waals surface area (Å²) >= 11 is 0. The molecule has 2 atom stereocenters. The molecule has 0 aliphatic heterocycles. The largest absolute Gasteiger partial charge is 0.330 e. The van der Waals surface area contributed by atoms with Crippen LogP contribution in [0.5, 0.6) is 0 Å². The van der Waals surface area contributed by atoms with E-state index in [1.54, 1.807) is 6.08 Å². The molecule has 6 heteroatoms. The molecule has 2 unspecified atom stereocenters. The minimum absolute atomic E-state index is 0.0952. The van der Waals surface area contributed by atoms with Crippen LogP contribution in [0.1, 0.15) is 51.4 Å². The normalized spacial score (nSPS) is 13.1. The first-order chi connectivity index (χ1) is 9.76. The van der Waals surface area contributed by atoms with E-state index in [2.05, 4.69) is 9.98 Å². The van der Waals surface area contributed by atoms with Gasteiger partial charge in [-0.3, -0.25) is 0 Å². The fourth-order valence-electron chi connectivity index (χ4n) is 2.10. The van der Waals surface area contributed by atoms with Gasteiger partial charge in [0, 0.05) is 6.04 Å². The maximum atomic E-state index is 10.4. The first-order valence-electron chi connectivity index (χ1n) is 7.32. The Morgan fingerprint density at radius 3 is 2.25 bits per heavy atom. The van der Waals surface area contributed by atoms with E-state index in [4.69, 9.17) is 11.5 Å². The Labute approximate surface area is 120 Å². The van der Waals surface area contributed by atoms with Crippen LogP contribution in [0, 0.1) is 0 Å². The minimum Gasteiger partial charge on any atom is -0.330 e. The molecule has 0 heterocycles. The average Bonchev–Trinajstić information content (AvgIpc) is 2.46. The predicted molar refractivity (Wildman–Crippen MR) is 78.9 cm³/mol. The molecule has 0 aromatic rings. The molecule has 4 N–H and O–H groups in total. The number of rotatable bonds is 13. The van der Waals surface area contributed by atoms with Crippen LogP contribution in [0.25, 0.3) is 0 Å². The second-order valence-electron chi connectivity index (χ2n) is 4.91. The number of aliphatic imine (C=N–C) groups is 2. The lowest BCUT2D eigenvalue weighted by Crippen LogP contribution is -2.33. The molecule has 114 valence electrons. The van der Waals surface area contributed by atoms with E-state index in [1.807, 2.05) is 0 Å². The van der Waals surface area contributed by atoms with Crippen molar-refractivity contribution in [3.05, 3.63) is 0 Å². The topological polar surface area (TPSA) is 111 Å². The van der Waals surface area contributed by atoms with Crippen LogP contribution in [0.15, 0.2) is 9.98 Å². The summed E-state index contributed by atoms with van der Waals surface area (Å²) in [5, 5.41) is 0. The Morgan fingerprint density at radius 2 is 1.60 bits per heavy atom. The van der Waals surface area contributed by atoms with E-state index in [1.165, 1.54) is 6.08 Å². The van der Waals surface area contributed by atoms with Crippen molar-refractivity contribution in [2.24, 2.45) is 21.5 Å². The number of unbranched alkanes of at least 4 members (excludes halogenated alkanes) is 4. The van der Waals surface area contributed by atoms with Gasteiger partial charge in [-0.15, -0.1) is 0 Å². The van der Waals surface area contributed by atoms with Crippen molar-refractivity contribution in [1.82, 2.24) is 0 Å². The highest BCUT2D eigenvalue weighted by Gasteiger charge is 2.16. The van der Waals surface area contributed by atoms with Gasteiger partial charge in [-0.1, -0.05) is 25.7 Å². The van der Waals surface area contributed by atoms with Gasteiger partial charge in [0.15, 0.2) is 0 Å². The Kier molecular flexibility index (Phi) is 13.2. The zero-order valence-corrected chi connectivity index (χ0v) is 12.1. The molecule has 0 amide bonds. The lowest BCUT2D eigenvalue weighted by molar-refractivity contribution is 0.433. The van der Waals surface area contributed by atoms with E-state index < -0.39 is 0 Å². The Hall–Kier alpha value is -1.32. The molecule has 0 saturated heterocycles. The Balaban J connectivity index is 3.89. The molecule has 0 spiro atoms. The second-order valence-corrected chi connectivity index (χ2v) is 4.91. The molecular formula is C14H26N4O2. The highest BCUT2D eigenvalue weighted by atomic mass is 16.1. The van der Waals surface area contributed by atoms with E-state index >= 15 is 0 Å². The molecule has 0 saturated carbocycles. The van der Waals surface area contributed by atoms with Crippen molar-refractivity contribution < 1.29 is 9.59 Å². The third-order valence-electron chi connectivity index (χ3n) is 3.29. The van der Waals surface area contributed by atoms with Gasteiger partial charge < -0.3 is 11.5 Å². The fourth-order valence-corrected chi connectivity index (χ4v) is 2.10. The van der Waals surface area contributed by atoms with Crippen LogP contribution in [-0.2, 0) is 9.59 Å². The SMILES string of the molecule is NCCCCCC(N)C(CCCCCN=C=O)N=C=O. The third-order valence-corrected chi connectivity index (χ3v) is 3.29. The van der Waals surface area contributed by atoms with Crippen molar-refractivity contribution >= 4 is 12.2 Å². The number of isocyanates is 2. The maximum absolute atomic E-state index is 10.4. The summed E-state index contributed by atoms with van der Waals surface area (Å²) in [5.74, 6) is 0. The molecule has 0 aromatic carbocycles. The van der Waals surface area contributed by atoms with Gasteiger partial charge in [0.2, 0.25) is 12.2 Å². The number of nitrogens with zero attached hydrogens (tertiary/aromatic N) is 2. The monoisotopic (exact) mass is 282 g/mol. The first-order valence-corrected chi connectivity index (χ1v) is 7.32. The predicted octanol–water partition coefficient (Wildman–Crippen LogP) is 1.43. The molecule has 0 radical (unpaired) electrons. The zero-order chi connectivity index (χ0) is 15.1. The lowest BCUT2D eigenvalue weighted by atomic mass is 9.97. The van der Waals surface area contributed by atoms with E-state index in [0.29, 0.717) is 13.1 Å². The van der Waals surface area contributed by atoms with Crippen LogP contribution in [0.2, 0.25) is 0 Å². The standard InChI is InChI=1S/C14H26N4O2/c15-9-5-1-3-7-13(16)14(18-12-20)8-4-2-6-10-17-11-19/h13-14H,1-10,15-16H2. The molecule has 6 nitrogen and oxygen atoms in total. The van der Waals surface area contributed by atoms with Gasteiger partial charge in [-0.05, 0) is 32.2 Å². The summed E-state index contributed by atoms with van der Waals surface area (Å²) in [6, 6.07) is -0.248. The summed E-state index contributed by atoms with van der Waals surface area (Å²) < 4.78 is 0. The smallest absolute Gasteiger partial charge is 0.235 e. The Morgan fingerprint density at radius 1 is 0.900 bits per heavy atom. The van der Waals surface area contributed by atoms with Gasteiger partial charge in [0.1, 0.15) is 0 Å². The zero-order valence-electron chi connectivity index (χ0n) is 12.1. The van der Waals surface area contributed by atoms with Gasteiger partial charge in [0.05, 0.1) is 12.6 Å². The Bertz CT molecular complexity index is 323. The summed E-state index contributed by atoms with van der Waals surface area (Å²) in [5.41, 5.74) is 11.5. The van der Waals surface area contributed by atoms with Gasteiger partial charge >= 0.3 is 0 Å². The molecule has 0 aromatic heterocycles. The molecule has 0 bridgehead atoms. The van der Waals surface area contributed by atoms with Crippen molar-refractivity contribution in [1.29, 1.82) is 0 Å². The second kappa shape index (κ2) is 14.1. The maximum Gasteiger partial charge on any atom is 0.235 e. The summed E-state index contributed by atoms with van der Waals surface area (Å²) in [6.45, 7) is 1.21. The van der Waals surface area contributed by atoms with Crippen LogP contribution in [-0.4, -0.2) is 37.3 Å². The van der Waals surface area contributed by atoms with E-state index in [-0.39, 0.29) is 12.1 Å². The average molecular weight is 282 g/mol. The number of hydrogen-bond donors (Lipinski definition) is 2. The molecule has 0 aliphatic carbocycles. The minimum atomic E-state index is -0.153. The van der Waals surface area contributed by atoms with Crippen LogP contribution < -0.4 is 11.5 Å².